The van der Waals surface area contributed by atoms with E-state index in [4.69, 9.17) is 8.81 Å². The van der Waals surface area contributed by atoms with Gasteiger partial charge < -0.3 is 0 Å². The van der Waals surface area contributed by atoms with E-state index in [1.165, 1.54) is 28.1 Å². The number of rotatable bonds is 9. The average molecular weight is 387 g/mol. The number of halogens is 1. The monoisotopic (exact) mass is 387 g/mol. The average Bonchev–Trinajstić information content (AvgIpc) is 2.18. The predicted molar refractivity (Wildman–Crippen MR) is 73.7 cm³/mol. The van der Waals surface area contributed by atoms with E-state index in [9.17, 15) is 0 Å². The zero-order valence-electron chi connectivity index (χ0n) is 10.4. The first-order valence-electron chi connectivity index (χ1n) is 6.12. The van der Waals surface area contributed by atoms with Gasteiger partial charge in [-0.05, 0) is 0 Å². The van der Waals surface area contributed by atoms with Crippen LogP contribution in [0.5, 0.6) is 0 Å². The van der Waals surface area contributed by atoms with Gasteiger partial charge in [-0.15, -0.1) is 0 Å². The van der Waals surface area contributed by atoms with Crippen LogP contribution < -0.4 is 5.73 Å². The molecule has 2 nitrogen and oxygen atoms in total. The van der Waals surface area contributed by atoms with Gasteiger partial charge in [-0.25, -0.2) is 0 Å². The van der Waals surface area contributed by atoms with Crippen LogP contribution in [-0.2, 0) is 3.07 Å². The molecule has 0 fully saturated rings. The molecule has 0 aromatic carbocycles. The molecule has 0 aliphatic heterocycles. The second kappa shape index (κ2) is 9.25. The van der Waals surface area contributed by atoms with Crippen molar-refractivity contribution in [2.75, 3.05) is 6.61 Å². The fourth-order valence-corrected chi connectivity index (χ4v) is 9.95. The quantitative estimate of drug-likeness (QED) is 0.483. The molecule has 2 unspecified atom stereocenters. The van der Waals surface area contributed by atoms with Crippen molar-refractivity contribution in [1.29, 1.82) is 0 Å². The Labute approximate surface area is 106 Å². The van der Waals surface area contributed by atoms with Crippen LogP contribution in [0.1, 0.15) is 46.5 Å². The second-order valence-electron chi connectivity index (χ2n) is 4.31. The van der Waals surface area contributed by atoms with E-state index >= 15 is 0 Å². The summed E-state index contributed by atoms with van der Waals surface area (Å²) in [4.78, 5) is 0. The molecule has 0 amide bonds. The molecule has 15 heavy (non-hydrogen) atoms. The summed E-state index contributed by atoms with van der Waals surface area (Å²) in [7, 11) is 0. The summed E-state index contributed by atoms with van der Waals surface area (Å²) in [5.41, 5.74) is 5.75. The molecule has 4 heteroatoms. The molecule has 2 atom stereocenters. The Bertz CT molecular complexity index is 158. The maximum atomic E-state index is 6.09. The molecule has 0 aromatic heterocycles. The minimum atomic E-state index is -2.32. The van der Waals surface area contributed by atoms with Crippen LogP contribution in [-0.4, -0.2) is 29.2 Å². The van der Waals surface area contributed by atoms with Gasteiger partial charge >= 0.3 is 106 Å². The van der Waals surface area contributed by atoms with Crippen LogP contribution in [0.2, 0.25) is 8.87 Å². The standard InChI is InChI=1S/C5H12N.C4H9O.C2H5.BrH.Sn/c1-3-4-5(2)6;1-2-3-4-5;1-2;;/h5H,1,3-4,6H2,2H3;2-4H2,1H3;1H2,2H3;1H;/q;-1;;;+2/p-1. The third kappa shape index (κ3) is 8.95. The maximum absolute atomic E-state index is 6.09. The first-order chi connectivity index (χ1) is 7.04. The van der Waals surface area contributed by atoms with E-state index in [1.54, 1.807) is 0 Å². The second-order valence-corrected chi connectivity index (χ2v) is 23.3. The zero-order chi connectivity index (χ0) is 11.7. The number of hydrogen-bond acceptors (Lipinski definition) is 2. The summed E-state index contributed by atoms with van der Waals surface area (Å²) >= 11 is 1.60. The predicted octanol–water partition coefficient (Wildman–Crippen LogP) is 3.79. The summed E-state index contributed by atoms with van der Waals surface area (Å²) in [6.07, 6.45) is 4.76. The number of nitrogens with two attached hydrogens (primary N) is 1. The van der Waals surface area contributed by atoms with Crippen LogP contribution >= 0.6 is 12.7 Å². The molecule has 0 saturated carbocycles. The van der Waals surface area contributed by atoms with Gasteiger partial charge in [-0.1, -0.05) is 0 Å². The Kier molecular flexibility index (Phi) is 9.99. The van der Waals surface area contributed by atoms with Crippen LogP contribution in [0.3, 0.4) is 0 Å². The fourth-order valence-electron chi connectivity index (χ4n) is 1.44. The molecule has 92 valence electrons. The van der Waals surface area contributed by atoms with Gasteiger partial charge in [0, 0.05) is 0 Å². The van der Waals surface area contributed by atoms with Crippen molar-refractivity contribution in [3.8, 4) is 0 Å². The first-order valence-corrected chi connectivity index (χ1v) is 17.7. The van der Waals surface area contributed by atoms with Crippen LogP contribution in [0.25, 0.3) is 0 Å². The molecule has 0 rings (SSSR count). The molecule has 0 bridgehead atoms. The van der Waals surface area contributed by atoms with Crippen LogP contribution in [0.4, 0.5) is 0 Å². The Hall–Kier alpha value is 1.20. The molecule has 0 spiro atoms. The third-order valence-electron chi connectivity index (χ3n) is 2.60. The van der Waals surface area contributed by atoms with E-state index in [2.05, 4.69) is 33.5 Å². The fraction of sp³-hybridized carbons (Fsp3) is 1.00. The van der Waals surface area contributed by atoms with Crippen molar-refractivity contribution in [2.45, 2.75) is 61.4 Å². The van der Waals surface area contributed by atoms with Gasteiger partial charge in [0.15, 0.2) is 0 Å². The normalized spacial score (nSPS) is 17.4. The number of unbranched alkanes of at least 4 members (excludes halogenated alkanes) is 1. The molecule has 0 aliphatic carbocycles. The topological polar surface area (TPSA) is 35.2 Å². The van der Waals surface area contributed by atoms with Gasteiger partial charge in [-0.2, -0.15) is 0 Å². The van der Waals surface area contributed by atoms with E-state index < -0.39 is 16.6 Å². The van der Waals surface area contributed by atoms with Gasteiger partial charge in [0.05, 0.1) is 0 Å². The van der Waals surface area contributed by atoms with E-state index in [0.29, 0.717) is 6.04 Å². The van der Waals surface area contributed by atoms with Crippen molar-refractivity contribution >= 4 is 29.3 Å². The van der Waals surface area contributed by atoms with Crippen molar-refractivity contribution in [1.82, 2.24) is 0 Å². The van der Waals surface area contributed by atoms with Crippen molar-refractivity contribution < 1.29 is 3.07 Å². The molecular formula is C11H26BrNOSn. The van der Waals surface area contributed by atoms with Crippen molar-refractivity contribution in [3.63, 3.8) is 0 Å². The molecule has 0 radical (unpaired) electrons. The molecule has 0 saturated heterocycles. The Morgan fingerprint density at radius 3 is 2.47 bits per heavy atom. The zero-order valence-corrected chi connectivity index (χ0v) is 14.8. The van der Waals surface area contributed by atoms with Gasteiger partial charge in [0.1, 0.15) is 0 Å². The van der Waals surface area contributed by atoms with Crippen molar-refractivity contribution in [2.24, 2.45) is 5.73 Å². The first kappa shape index (κ1) is 16.2. The summed E-state index contributed by atoms with van der Waals surface area (Å²) in [6.45, 7) is 7.48. The third-order valence-corrected chi connectivity index (χ3v) is 18.8. The molecule has 2 N–H and O–H groups in total. The van der Waals surface area contributed by atoms with Crippen LogP contribution in [0, 0.1) is 0 Å². The SMILES string of the molecule is CCCC[O][Sn]([Br])([CH2]C)[CH2]CCC(C)N. The summed E-state index contributed by atoms with van der Waals surface area (Å²) in [6, 6.07) is 0.334. The molecule has 0 aromatic rings. The van der Waals surface area contributed by atoms with Crippen LogP contribution in [0.15, 0.2) is 0 Å². The number of hydrogen-bond donors (Lipinski definition) is 1. The van der Waals surface area contributed by atoms with E-state index in [1.807, 2.05) is 0 Å². The summed E-state index contributed by atoms with van der Waals surface area (Å²) in [5.74, 6) is 0. The van der Waals surface area contributed by atoms with Gasteiger partial charge in [0.25, 0.3) is 0 Å². The van der Waals surface area contributed by atoms with E-state index in [-0.39, 0.29) is 0 Å². The molecule has 0 heterocycles. The summed E-state index contributed by atoms with van der Waals surface area (Å²) in [5, 5.41) is 0. The Balaban J connectivity index is 3.74. The van der Waals surface area contributed by atoms with Gasteiger partial charge in [0.2, 0.25) is 0 Å². The summed E-state index contributed by atoms with van der Waals surface area (Å²) < 4.78 is 8.57. The molecule has 0 aliphatic rings. The van der Waals surface area contributed by atoms with Crippen molar-refractivity contribution in [3.05, 3.63) is 0 Å². The van der Waals surface area contributed by atoms with E-state index in [0.717, 1.165) is 13.0 Å². The molecular weight excluding hydrogens is 361 g/mol. The Morgan fingerprint density at radius 1 is 1.33 bits per heavy atom. The van der Waals surface area contributed by atoms with Gasteiger partial charge in [-0.3, -0.25) is 0 Å². The minimum absolute atomic E-state index is 0.334. The Morgan fingerprint density at radius 2 is 2.00 bits per heavy atom.